The van der Waals surface area contributed by atoms with E-state index in [1.165, 1.54) is 0 Å². The topological polar surface area (TPSA) is 74.2 Å². The van der Waals surface area contributed by atoms with Crippen LogP contribution in [-0.4, -0.2) is 23.4 Å². The van der Waals surface area contributed by atoms with Crippen molar-refractivity contribution in [1.29, 1.82) is 0 Å². The number of rotatable bonds is 2. The molecule has 0 unspecified atom stereocenters. The van der Waals surface area contributed by atoms with Gasteiger partial charge in [0.2, 0.25) is 0 Å². The highest BCUT2D eigenvalue weighted by atomic mass is 16.5. The van der Waals surface area contributed by atoms with E-state index in [1.54, 1.807) is 6.20 Å². The molecule has 0 radical (unpaired) electrons. The molecular formula is C13H15N3O2. The zero-order chi connectivity index (χ0) is 12.4. The Labute approximate surface area is 105 Å². The summed E-state index contributed by atoms with van der Waals surface area (Å²) in [6.07, 6.45) is 3.62. The van der Waals surface area contributed by atoms with Gasteiger partial charge in [-0.05, 0) is 25.0 Å². The normalized spacial score (nSPS) is 16.9. The molecule has 0 saturated carbocycles. The van der Waals surface area contributed by atoms with Crippen LogP contribution in [0.3, 0.4) is 0 Å². The second-order valence-electron chi connectivity index (χ2n) is 4.41. The highest BCUT2D eigenvalue weighted by Gasteiger charge is 2.26. The number of aromatic nitrogens is 2. The third kappa shape index (κ3) is 1.97. The molecular weight excluding hydrogens is 230 g/mol. The molecule has 0 bridgehead atoms. The van der Waals surface area contributed by atoms with Crippen molar-refractivity contribution in [2.75, 3.05) is 18.9 Å². The van der Waals surface area contributed by atoms with E-state index < -0.39 is 0 Å². The third-order valence-corrected chi connectivity index (χ3v) is 3.26. The summed E-state index contributed by atoms with van der Waals surface area (Å²) in [7, 11) is 0. The summed E-state index contributed by atoms with van der Waals surface area (Å²) in [6, 6.07) is 5.73. The summed E-state index contributed by atoms with van der Waals surface area (Å²) in [4.78, 5) is 4.33. The summed E-state index contributed by atoms with van der Waals surface area (Å²) in [5.74, 6) is 1.57. The fraction of sp³-hybridized carbons (Fsp3) is 0.385. The zero-order valence-electron chi connectivity index (χ0n) is 10.0. The molecule has 94 valence electrons. The first-order valence-electron chi connectivity index (χ1n) is 6.10. The molecule has 2 aromatic rings. The molecule has 18 heavy (non-hydrogen) atoms. The largest absolute Gasteiger partial charge is 0.381 e. The summed E-state index contributed by atoms with van der Waals surface area (Å²) < 4.78 is 10.8. The maximum Gasteiger partial charge on any atom is 0.176 e. The molecule has 1 aliphatic heterocycles. The van der Waals surface area contributed by atoms with Crippen molar-refractivity contribution in [1.82, 2.24) is 10.1 Å². The van der Waals surface area contributed by atoms with Crippen LogP contribution < -0.4 is 5.73 Å². The second kappa shape index (κ2) is 4.78. The van der Waals surface area contributed by atoms with Crippen LogP contribution in [0.25, 0.3) is 11.3 Å². The molecule has 1 saturated heterocycles. The van der Waals surface area contributed by atoms with Gasteiger partial charge in [-0.15, -0.1) is 0 Å². The lowest BCUT2D eigenvalue weighted by molar-refractivity contribution is 0.0792. The average molecular weight is 245 g/mol. The molecule has 2 N–H and O–H groups in total. The van der Waals surface area contributed by atoms with Gasteiger partial charge in [0.1, 0.15) is 0 Å². The van der Waals surface area contributed by atoms with Crippen molar-refractivity contribution in [3.05, 3.63) is 30.2 Å². The van der Waals surface area contributed by atoms with Crippen LogP contribution in [0.4, 0.5) is 5.82 Å². The lowest BCUT2D eigenvalue weighted by Crippen LogP contribution is -2.14. The minimum Gasteiger partial charge on any atom is -0.381 e. The molecule has 5 nitrogen and oxygen atoms in total. The van der Waals surface area contributed by atoms with Gasteiger partial charge in [0.25, 0.3) is 0 Å². The first-order chi connectivity index (χ1) is 8.86. The molecule has 5 heteroatoms. The number of ether oxygens (including phenoxy) is 1. The van der Waals surface area contributed by atoms with Crippen LogP contribution in [0.15, 0.2) is 28.9 Å². The van der Waals surface area contributed by atoms with Gasteiger partial charge in [0.05, 0.1) is 11.3 Å². The highest BCUT2D eigenvalue weighted by Crippen LogP contribution is 2.37. The first-order valence-corrected chi connectivity index (χ1v) is 6.10. The summed E-state index contributed by atoms with van der Waals surface area (Å²) in [5.41, 5.74) is 7.56. The van der Waals surface area contributed by atoms with Crippen molar-refractivity contribution < 1.29 is 9.26 Å². The van der Waals surface area contributed by atoms with E-state index in [0.29, 0.717) is 11.7 Å². The summed E-state index contributed by atoms with van der Waals surface area (Å²) in [5, 5.41) is 3.89. The second-order valence-corrected chi connectivity index (χ2v) is 4.41. The van der Waals surface area contributed by atoms with Crippen molar-refractivity contribution >= 4 is 5.82 Å². The Hall–Kier alpha value is -1.88. The van der Waals surface area contributed by atoms with Crippen LogP contribution in [0, 0.1) is 0 Å². The third-order valence-electron chi connectivity index (χ3n) is 3.26. The molecule has 1 aliphatic rings. The first kappa shape index (κ1) is 11.2. The van der Waals surface area contributed by atoms with Crippen molar-refractivity contribution in [3.63, 3.8) is 0 Å². The van der Waals surface area contributed by atoms with Crippen LogP contribution in [-0.2, 0) is 4.74 Å². The van der Waals surface area contributed by atoms with Crippen molar-refractivity contribution in [2.45, 2.75) is 18.8 Å². The minimum absolute atomic E-state index is 0.320. The number of hydrogen-bond acceptors (Lipinski definition) is 5. The van der Waals surface area contributed by atoms with Crippen LogP contribution in [0.2, 0.25) is 0 Å². The van der Waals surface area contributed by atoms with Gasteiger partial charge in [-0.3, -0.25) is 4.98 Å². The molecule has 1 fully saturated rings. The number of hydrogen-bond donors (Lipinski definition) is 1. The molecule has 0 spiro atoms. The molecule has 2 aromatic heterocycles. The summed E-state index contributed by atoms with van der Waals surface area (Å²) in [6.45, 7) is 1.51. The molecule has 0 aromatic carbocycles. The van der Waals surface area contributed by atoms with Crippen LogP contribution in [0.5, 0.6) is 0 Å². The van der Waals surface area contributed by atoms with Crippen molar-refractivity contribution in [3.8, 4) is 11.3 Å². The number of pyridine rings is 1. The monoisotopic (exact) mass is 245 g/mol. The van der Waals surface area contributed by atoms with E-state index in [1.807, 2.05) is 18.2 Å². The van der Waals surface area contributed by atoms with E-state index in [-0.39, 0.29) is 0 Å². The maximum atomic E-state index is 5.90. The minimum atomic E-state index is 0.320. The Morgan fingerprint density at radius 2 is 2.06 bits per heavy atom. The Bertz CT molecular complexity index is 518. The van der Waals surface area contributed by atoms with E-state index in [0.717, 1.165) is 43.1 Å². The predicted molar refractivity (Wildman–Crippen MR) is 66.9 cm³/mol. The molecule has 0 amide bonds. The Morgan fingerprint density at radius 3 is 2.78 bits per heavy atom. The number of anilines is 1. The van der Waals surface area contributed by atoms with E-state index in [4.69, 9.17) is 15.0 Å². The van der Waals surface area contributed by atoms with E-state index in [9.17, 15) is 0 Å². The summed E-state index contributed by atoms with van der Waals surface area (Å²) >= 11 is 0. The van der Waals surface area contributed by atoms with Crippen LogP contribution in [0.1, 0.15) is 24.5 Å². The molecule has 3 heterocycles. The highest BCUT2D eigenvalue weighted by molar-refractivity contribution is 5.73. The number of nitrogens with zero attached hydrogens (tertiary/aromatic N) is 2. The average Bonchev–Trinajstić information content (AvgIpc) is 2.83. The van der Waals surface area contributed by atoms with Crippen molar-refractivity contribution in [2.24, 2.45) is 0 Å². The lowest BCUT2D eigenvalue weighted by atomic mass is 9.93. The standard InChI is InChI=1S/C13H15N3O2/c14-13-11(10-3-1-2-6-15-10)12(18-16-13)9-4-7-17-8-5-9/h1-3,6,9H,4-5,7-8H2,(H2,14,16). The Morgan fingerprint density at radius 1 is 1.22 bits per heavy atom. The smallest absolute Gasteiger partial charge is 0.176 e. The quantitative estimate of drug-likeness (QED) is 0.878. The van der Waals surface area contributed by atoms with Gasteiger partial charge in [0, 0.05) is 25.3 Å². The van der Waals surface area contributed by atoms with Gasteiger partial charge < -0.3 is 15.0 Å². The van der Waals surface area contributed by atoms with Crippen LogP contribution >= 0.6 is 0 Å². The fourth-order valence-electron chi connectivity index (χ4n) is 2.32. The Kier molecular flexibility index (Phi) is 2.98. The fourth-order valence-corrected chi connectivity index (χ4v) is 2.32. The Balaban J connectivity index is 2.01. The molecule has 0 aliphatic carbocycles. The van der Waals surface area contributed by atoms with Gasteiger partial charge in [-0.2, -0.15) is 0 Å². The van der Waals surface area contributed by atoms with E-state index >= 15 is 0 Å². The van der Waals surface area contributed by atoms with Gasteiger partial charge in [-0.1, -0.05) is 11.2 Å². The maximum absolute atomic E-state index is 5.90. The van der Waals surface area contributed by atoms with Gasteiger partial charge in [0.15, 0.2) is 11.6 Å². The van der Waals surface area contributed by atoms with Gasteiger partial charge in [-0.25, -0.2) is 0 Å². The lowest BCUT2D eigenvalue weighted by Gasteiger charge is -2.20. The number of nitrogen functional groups attached to an aromatic ring is 1. The van der Waals surface area contributed by atoms with E-state index in [2.05, 4.69) is 10.1 Å². The molecule has 3 rings (SSSR count). The zero-order valence-corrected chi connectivity index (χ0v) is 10.0. The SMILES string of the molecule is Nc1noc(C2CCOCC2)c1-c1ccccn1. The predicted octanol–water partition coefficient (Wildman–Crippen LogP) is 2.21. The molecule has 0 atom stereocenters. The number of nitrogens with two attached hydrogens (primary N) is 1. The van der Waals surface area contributed by atoms with Gasteiger partial charge >= 0.3 is 0 Å².